The van der Waals surface area contributed by atoms with Gasteiger partial charge in [0.15, 0.2) is 5.76 Å². The fourth-order valence-electron chi connectivity index (χ4n) is 3.28. The molecule has 3 N–H and O–H groups in total. The molecule has 2 heterocycles. The van der Waals surface area contributed by atoms with Crippen LogP contribution in [-0.4, -0.2) is 16.8 Å². The zero-order valence-corrected chi connectivity index (χ0v) is 15.8. The molecule has 0 unspecified atom stereocenters. The van der Waals surface area contributed by atoms with Crippen LogP contribution in [0.1, 0.15) is 29.0 Å². The van der Waals surface area contributed by atoms with Gasteiger partial charge >= 0.3 is 0 Å². The van der Waals surface area contributed by atoms with E-state index in [1.54, 1.807) is 36.4 Å². The lowest BCUT2D eigenvalue weighted by Gasteiger charge is -2.08. The zero-order chi connectivity index (χ0) is 20.1. The van der Waals surface area contributed by atoms with E-state index >= 15 is 0 Å². The van der Waals surface area contributed by atoms with E-state index in [4.69, 9.17) is 4.42 Å². The summed E-state index contributed by atoms with van der Waals surface area (Å²) in [5, 5.41) is 6.84. The summed E-state index contributed by atoms with van der Waals surface area (Å²) in [5.74, 6) is -0.159. The van der Waals surface area contributed by atoms with E-state index in [-0.39, 0.29) is 17.6 Å². The molecule has 0 aliphatic heterocycles. The van der Waals surface area contributed by atoms with E-state index in [0.717, 1.165) is 18.4 Å². The van der Waals surface area contributed by atoms with Crippen LogP contribution >= 0.6 is 0 Å². The molecule has 0 aliphatic carbocycles. The lowest BCUT2D eigenvalue weighted by molar-refractivity contribution is -0.116. The summed E-state index contributed by atoms with van der Waals surface area (Å²) in [6, 6.07) is 18.4. The molecule has 4 rings (SSSR count). The Morgan fingerprint density at radius 2 is 1.76 bits per heavy atom. The Bertz CT molecular complexity index is 1130. The Balaban J connectivity index is 1.30. The van der Waals surface area contributed by atoms with Gasteiger partial charge in [0.1, 0.15) is 0 Å². The second-order valence-corrected chi connectivity index (χ2v) is 6.77. The van der Waals surface area contributed by atoms with Crippen LogP contribution in [0.3, 0.4) is 0 Å². The van der Waals surface area contributed by atoms with E-state index in [0.29, 0.717) is 17.8 Å². The van der Waals surface area contributed by atoms with Crippen LogP contribution in [0.5, 0.6) is 0 Å². The molecule has 146 valence electrons. The van der Waals surface area contributed by atoms with Crippen LogP contribution in [0.15, 0.2) is 77.5 Å². The molecule has 29 heavy (non-hydrogen) atoms. The molecule has 6 nitrogen and oxygen atoms in total. The maximum absolute atomic E-state index is 12.3. The van der Waals surface area contributed by atoms with Gasteiger partial charge in [-0.25, -0.2) is 0 Å². The first kappa shape index (κ1) is 18.6. The minimum absolute atomic E-state index is 0.0562. The van der Waals surface area contributed by atoms with Crippen LogP contribution in [0.25, 0.3) is 10.9 Å². The van der Waals surface area contributed by atoms with Gasteiger partial charge in [0.05, 0.1) is 6.26 Å². The number of nitrogens with one attached hydrogen (secondary N) is 3. The summed E-state index contributed by atoms with van der Waals surface area (Å²) < 4.78 is 5.08. The fourth-order valence-corrected chi connectivity index (χ4v) is 3.28. The number of furan rings is 1. The molecule has 0 spiro atoms. The molecule has 0 aliphatic rings. The number of aromatic nitrogens is 1. The second-order valence-electron chi connectivity index (χ2n) is 6.77. The van der Waals surface area contributed by atoms with E-state index in [1.165, 1.54) is 17.2 Å². The number of H-pyrrole nitrogens is 1. The summed E-state index contributed by atoms with van der Waals surface area (Å²) in [6.45, 7) is 0. The van der Waals surface area contributed by atoms with Gasteiger partial charge < -0.3 is 20.0 Å². The molecule has 0 atom stereocenters. The van der Waals surface area contributed by atoms with Gasteiger partial charge in [-0.1, -0.05) is 24.3 Å². The number of fused-ring (bicyclic) bond motifs is 1. The molecular weight excluding hydrogens is 366 g/mol. The number of anilines is 2. The molecule has 0 saturated heterocycles. The number of para-hydroxylation sites is 1. The molecule has 0 saturated carbocycles. The van der Waals surface area contributed by atoms with Crippen molar-refractivity contribution >= 4 is 34.1 Å². The minimum Gasteiger partial charge on any atom is -0.459 e. The van der Waals surface area contributed by atoms with Crippen LogP contribution in [0.2, 0.25) is 0 Å². The molecular formula is C23H21N3O3. The van der Waals surface area contributed by atoms with Crippen molar-refractivity contribution in [1.82, 2.24) is 4.98 Å². The first-order chi connectivity index (χ1) is 14.2. The topological polar surface area (TPSA) is 87.1 Å². The summed E-state index contributed by atoms with van der Waals surface area (Å²) >= 11 is 0. The van der Waals surface area contributed by atoms with E-state index in [9.17, 15) is 9.59 Å². The Kier molecular flexibility index (Phi) is 5.42. The van der Waals surface area contributed by atoms with Gasteiger partial charge in [-0.3, -0.25) is 9.59 Å². The van der Waals surface area contributed by atoms with Crippen molar-refractivity contribution in [1.29, 1.82) is 0 Å². The summed E-state index contributed by atoms with van der Waals surface area (Å²) in [7, 11) is 0. The summed E-state index contributed by atoms with van der Waals surface area (Å²) in [4.78, 5) is 27.6. The van der Waals surface area contributed by atoms with Crippen LogP contribution in [0.4, 0.5) is 11.4 Å². The number of rotatable bonds is 7. The van der Waals surface area contributed by atoms with E-state index in [2.05, 4.69) is 21.7 Å². The third-order valence-corrected chi connectivity index (χ3v) is 4.67. The quantitative estimate of drug-likeness (QED) is 0.418. The largest absolute Gasteiger partial charge is 0.459 e. The lowest BCUT2D eigenvalue weighted by atomic mass is 10.1. The highest BCUT2D eigenvalue weighted by Crippen LogP contribution is 2.20. The van der Waals surface area contributed by atoms with Crippen molar-refractivity contribution in [3.8, 4) is 0 Å². The smallest absolute Gasteiger partial charge is 0.291 e. The number of aromatic amines is 1. The Morgan fingerprint density at radius 1 is 0.931 bits per heavy atom. The van der Waals surface area contributed by atoms with Gasteiger partial charge in [-0.05, 0) is 54.8 Å². The molecule has 2 amide bonds. The van der Waals surface area contributed by atoms with E-state index < -0.39 is 0 Å². The number of benzene rings is 2. The highest BCUT2D eigenvalue weighted by atomic mass is 16.3. The average Bonchev–Trinajstić information content (AvgIpc) is 3.39. The van der Waals surface area contributed by atoms with Gasteiger partial charge in [-0.2, -0.15) is 0 Å². The van der Waals surface area contributed by atoms with Crippen LogP contribution in [0, 0.1) is 0 Å². The highest BCUT2D eigenvalue weighted by molar-refractivity contribution is 6.02. The second kappa shape index (κ2) is 8.48. The van der Waals surface area contributed by atoms with Crippen LogP contribution in [-0.2, 0) is 11.2 Å². The molecule has 6 heteroatoms. The number of hydrogen-bond acceptors (Lipinski definition) is 3. The maximum Gasteiger partial charge on any atom is 0.291 e. The summed E-state index contributed by atoms with van der Waals surface area (Å²) in [6.07, 6.45) is 5.46. The molecule has 0 radical (unpaired) electrons. The number of amides is 2. The van der Waals surface area contributed by atoms with Gasteiger partial charge in [0.25, 0.3) is 5.91 Å². The molecule has 0 fully saturated rings. The SMILES string of the molecule is O=C(CCCc1c[nH]c2ccccc12)Nc1cccc(NC(=O)c2ccco2)c1. The lowest BCUT2D eigenvalue weighted by Crippen LogP contribution is -2.13. The van der Waals surface area contributed by atoms with E-state index in [1.807, 2.05) is 24.4 Å². The van der Waals surface area contributed by atoms with Crippen molar-refractivity contribution in [2.45, 2.75) is 19.3 Å². The predicted molar refractivity (Wildman–Crippen MR) is 113 cm³/mol. The molecule has 2 aromatic heterocycles. The molecule has 2 aromatic carbocycles. The van der Waals surface area contributed by atoms with Crippen molar-refractivity contribution in [2.24, 2.45) is 0 Å². The average molecular weight is 387 g/mol. The number of aryl methyl sites for hydroxylation is 1. The summed E-state index contributed by atoms with van der Waals surface area (Å²) in [5.41, 5.74) is 3.55. The Hall–Kier alpha value is -3.80. The number of carbonyl (C=O) groups excluding carboxylic acids is 2. The minimum atomic E-state index is -0.336. The Labute approximate surface area is 167 Å². The predicted octanol–water partition coefficient (Wildman–Crippen LogP) is 4.97. The molecule has 4 aromatic rings. The number of hydrogen-bond donors (Lipinski definition) is 3. The van der Waals surface area contributed by atoms with Crippen molar-refractivity contribution in [3.63, 3.8) is 0 Å². The monoisotopic (exact) mass is 387 g/mol. The maximum atomic E-state index is 12.3. The van der Waals surface area contributed by atoms with Crippen molar-refractivity contribution < 1.29 is 14.0 Å². The van der Waals surface area contributed by atoms with Gasteiger partial charge in [0.2, 0.25) is 5.91 Å². The van der Waals surface area contributed by atoms with Crippen LogP contribution < -0.4 is 10.6 Å². The zero-order valence-electron chi connectivity index (χ0n) is 15.8. The first-order valence-electron chi connectivity index (χ1n) is 9.49. The normalized spacial score (nSPS) is 10.8. The highest BCUT2D eigenvalue weighted by Gasteiger charge is 2.10. The third kappa shape index (κ3) is 4.55. The van der Waals surface area contributed by atoms with Gasteiger partial charge in [0, 0.05) is 34.9 Å². The molecule has 0 bridgehead atoms. The standard InChI is InChI=1S/C23H21N3O3/c27-22(12-3-6-16-15-24-20-10-2-1-9-19(16)20)25-17-7-4-8-18(14-17)26-23(28)21-11-5-13-29-21/h1-2,4-5,7-11,13-15,24H,3,6,12H2,(H,25,27)(H,26,28). The fraction of sp³-hybridized carbons (Fsp3) is 0.130. The van der Waals surface area contributed by atoms with Crippen molar-refractivity contribution in [3.05, 3.63) is 84.4 Å². The van der Waals surface area contributed by atoms with Crippen molar-refractivity contribution in [2.75, 3.05) is 10.6 Å². The van der Waals surface area contributed by atoms with Gasteiger partial charge in [-0.15, -0.1) is 0 Å². The Morgan fingerprint density at radius 3 is 2.59 bits per heavy atom. The number of carbonyl (C=O) groups is 2. The third-order valence-electron chi connectivity index (χ3n) is 4.67. The first-order valence-corrected chi connectivity index (χ1v) is 9.49.